The summed E-state index contributed by atoms with van der Waals surface area (Å²) in [6.45, 7) is 2.42. The zero-order valence-electron chi connectivity index (χ0n) is 16.9. The Balaban J connectivity index is 1.24. The molecule has 0 nitrogen and oxygen atoms in total. The molecule has 0 aliphatic heterocycles. The average molecular weight is 375 g/mol. The van der Waals surface area contributed by atoms with Gasteiger partial charge in [0.15, 0.2) is 11.6 Å². The fourth-order valence-electron chi connectivity index (χ4n) is 6.54. The van der Waals surface area contributed by atoms with Crippen molar-refractivity contribution in [1.29, 1.82) is 0 Å². The number of rotatable bonds is 3. The van der Waals surface area contributed by atoms with Crippen LogP contribution in [0, 0.1) is 41.2 Å². The molecule has 0 atom stereocenters. The topological polar surface area (TPSA) is 0 Å². The molecule has 0 unspecified atom stereocenters. The van der Waals surface area contributed by atoms with Crippen molar-refractivity contribution in [2.24, 2.45) is 29.6 Å². The molecule has 0 N–H and O–H groups in total. The highest BCUT2D eigenvalue weighted by Gasteiger charge is 2.34. The van der Waals surface area contributed by atoms with Crippen LogP contribution in [0.25, 0.3) is 0 Å². The van der Waals surface area contributed by atoms with E-state index in [4.69, 9.17) is 0 Å². The summed E-state index contributed by atoms with van der Waals surface area (Å²) in [6, 6.07) is 4.51. The van der Waals surface area contributed by atoms with Crippen LogP contribution in [-0.2, 0) is 0 Å². The van der Waals surface area contributed by atoms with Crippen molar-refractivity contribution in [2.45, 2.75) is 89.9 Å². The summed E-state index contributed by atoms with van der Waals surface area (Å²) in [5.74, 6) is 3.80. The fraction of sp³-hybridized carbons (Fsp3) is 0.760. The van der Waals surface area contributed by atoms with E-state index in [9.17, 15) is 8.78 Å². The molecule has 0 aromatic heterocycles. The minimum Gasteiger partial charge on any atom is -0.204 e. The molecule has 150 valence electrons. The summed E-state index contributed by atoms with van der Waals surface area (Å²) in [5.41, 5.74) is 1.00. The molecule has 0 saturated heterocycles. The van der Waals surface area contributed by atoms with Gasteiger partial charge in [0.25, 0.3) is 0 Å². The van der Waals surface area contributed by atoms with Crippen LogP contribution in [-0.4, -0.2) is 0 Å². The van der Waals surface area contributed by atoms with E-state index >= 15 is 0 Å². The second kappa shape index (κ2) is 8.62. The van der Waals surface area contributed by atoms with Crippen molar-refractivity contribution >= 4 is 0 Å². The number of benzene rings is 1. The lowest BCUT2D eigenvalue weighted by molar-refractivity contribution is 0.112. The van der Waals surface area contributed by atoms with Crippen LogP contribution in [0.1, 0.15) is 95.5 Å². The monoisotopic (exact) mass is 374 g/mol. The summed E-state index contributed by atoms with van der Waals surface area (Å²) in [5, 5.41) is 0. The highest BCUT2D eigenvalue weighted by Crippen LogP contribution is 2.47. The number of hydrogen-bond acceptors (Lipinski definition) is 0. The van der Waals surface area contributed by atoms with Crippen LogP contribution >= 0.6 is 0 Å². The van der Waals surface area contributed by atoms with Gasteiger partial charge in [0.1, 0.15) is 0 Å². The van der Waals surface area contributed by atoms with Gasteiger partial charge >= 0.3 is 0 Å². The SMILES string of the molecule is CC1CCC(C2CCC(C3CCC(c4ccc(F)c(F)c4)CC3)CC2)CC1. The predicted octanol–water partition coefficient (Wildman–Crippen LogP) is 7.87. The highest BCUT2D eigenvalue weighted by atomic mass is 19.2. The molecule has 0 spiro atoms. The molecular weight excluding hydrogens is 338 g/mol. The fourth-order valence-corrected chi connectivity index (χ4v) is 6.54. The largest absolute Gasteiger partial charge is 0.204 e. The summed E-state index contributed by atoms with van der Waals surface area (Å²) >= 11 is 0. The molecule has 3 saturated carbocycles. The molecule has 27 heavy (non-hydrogen) atoms. The summed E-state index contributed by atoms with van der Waals surface area (Å²) in [6.07, 6.45) is 16.5. The Kier molecular flexibility index (Phi) is 6.19. The first-order valence-electron chi connectivity index (χ1n) is 11.5. The normalized spacial score (nSPS) is 37.9. The Labute approximate surface area is 164 Å². The predicted molar refractivity (Wildman–Crippen MR) is 108 cm³/mol. The number of hydrogen-bond donors (Lipinski definition) is 0. The smallest absolute Gasteiger partial charge is 0.159 e. The lowest BCUT2D eigenvalue weighted by atomic mass is 9.65. The molecule has 1 aromatic carbocycles. The van der Waals surface area contributed by atoms with Crippen molar-refractivity contribution in [1.82, 2.24) is 0 Å². The molecular formula is C25H36F2. The Hall–Kier alpha value is -0.920. The quantitative estimate of drug-likeness (QED) is 0.505. The van der Waals surface area contributed by atoms with E-state index in [1.165, 1.54) is 76.3 Å². The number of halogens is 2. The van der Waals surface area contributed by atoms with Crippen molar-refractivity contribution in [2.75, 3.05) is 0 Å². The molecule has 0 radical (unpaired) electrons. The average Bonchev–Trinajstić information content (AvgIpc) is 2.71. The van der Waals surface area contributed by atoms with Crippen LogP contribution in [0.15, 0.2) is 18.2 Å². The molecule has 1 aromatic rings. The van der Waals surface area contributed by atoms with Gasteiger partial charge in [-0.15, -0.1) is 0 Å². The van der Waals surface area contributed by atoms with Crippen molar-refractivity contribution < 1.29 is 8.78 Å². The van der Waals surface area contributed by atoms with Gasteiger partial charge in [0.2, 0.25) is 0 Å². The molecule has 3 aliphatic carbocycles. The summed E-state index contributed by atoms with van der Waals surface area (Å²) in [4.78, 5) is 0. The zero-order valence-corrected chi connectivity index (χ0v) is 16.9. The van der Waals surface area contributed by atoms with Crippen LogP contribution in [0.2, 0.25) is 0 Å². The van der Waals surface area contributed by atoms with Gasteiger partial charge in [0.05, 0.1) is 0 Å². The standard InChI is InChI=1S/C25H36F2/c1-17-2-4-18(5-3-17)19-6-8-20(9-7-19)21-10-12-22(13-11-21)23-14-15-24(26)25(27)16-23/h14-22H,2-13H2,1H3. The maximum atomic E-state index is 13.5. The van der Waals surface area contributed by atoms with Gasteiger partial charge in [-0.1, -0.05) is 25.8 Å². The Bertz CT molecular complexity index is 601. The molecule has 3 fully saturated rings. The van der Waals surface area contributed by atoms with Gasteiger partial charge in [-0.05, 0) is 117 Å². The van der Waals surface area contributed by atoms with Crippen molar-refractivity contribution in [3.8, 4) is 0 Å². The van der Waals surface area contributed by atoms with Crippen LogP contribution < -0.4 is 0 Å². The molecule has 0 bridgehead atoms. The van der Waals surface area contributed by atoms with Gasteiger partial charge in [-0.2, -0.15) is 0 Å². The first-order chi connectivity index (χ1) is 13.1. The highest BCUT2D eigenvalue weighted by molar-refractivity contribution is 5.22. The lowest BCUT2D eigenvalue weighted by Crippen LogP contribution is -2.29. The van der Waals surface area contributed by atoms with Gasteiger partial charge in [-0.25, -0.2) is 8.78 Å². The molecule has 0 amide bonds. The van der Waals surface area contributed by atoms with Crippen LogP contribution in [0.5, 0.6) is 0 Å². The molecule has 3 aliphatic rings. The second-order valence-electron chi connectivity index (χ2n) is 9.98. The Morgan fingerprint density at radius 1 is 0.593 bits per heavy atom. The van der Waals surface area contributed by atoms with Crippen LogP contribution in [0.3, 0.4) is 0 Å². The third kappa shape index (κ3) is 4.57. The van der Waals surface area contributed by atoms with E-state index in [0.29, 0.717) is 5.92 Å². The van der Waals surface area contributed by atoms with E-state index in [2.05, 4.69) is 6.92 Å². The summed E-state index contributed by atoms with van der Waals surface area (Å²) < 4.78 is 26.7. The van der Waals surface area contributed by atoms with Gasteiger partial charge in [-0.3, -0.25) is 0 Å². The van der Waals surface area contributed by atoms with Crippen molar-refractivity contribution in [3.63, 3.8) is 0 Å². The van der Waals surface area contributed by atoms with E-state index in [1.54, 1.807) is 6.07 Å². The van der Waals surface area contributed by atoms with E-state index in [-0.39, 0.29) is 0 Å². The first-order valence-corrected chi connectivity index (χ1v) is 11.5. The Morgan fingerprint density at radius 3 is 1.52 bits per heavy atom. The summed E-state index contributed by atoms with van der Waals surface area (Å²) in [7, 11) is 0. The van der Waals surface area contributed by atoms with Crippen molar-refractivity contribution in [3.05, 3.63) is 35.4 Å². The van der Waals surface area contributed by atoms with E-state index < -0.39 is 11.6 Å². The molecule has 4 rings (SSSR count). The Morgan fingerprint density at radius 2 is 1.04 bits per heavy atom. The maximum absolute atomic E-state index is 13.5. The third-order valence-electron chi connectivity index (χ3n) is 8.40. The van der Waals surface area contributed by atoms with E-state index in [1.807, 2.05) is 0 Å². The minimum atomic E-state index is -0.725. The van der Waals surface area contributed by atoms with Gasteiger partial charge < -0.3 is 0 Å². The van der Waals surface area contributed by atoms with Gasteiger partial charge in [0, 0.05) is 0 Å². The zero-order chi connectivity index (χ0) is 18.8. The lowest BCUT2D eigenvalue weighted by Gasteiger charge is -2.41. The second-order valence-corrected chi connectivity index (χ2v) is 9.98. The molecule has 2 heteroatoms. The third-order valence-corrected chi connectivity index (χ3v) is 8.40. The minimum absolute atomic E-state index is 0.428. The first kappa shape index (κ1) is 19.4. The maximum Gasteiger partial charge on any atom is 0.159 e. The molecule has 0 heterocycles. The van der Waals surface area contributed by atoms with Crippen LogP contribution in [0.4, 0.5) is 8.78 Å². The van der Waals surface area contributed by atoms with E-state index in [0.717, 1.165) is 48.0 Å².